The summed E-state index contributed by atoms with van der Waals surface area (Å²) in [6.45, 7) is 3.71. The Labute approximate surface area is 96.1 Å². The van der Waals surface area contributed by atoms with Crippen LogP contribution >= 0.6 is 27.3 Å². The van der Waals surface area contributed by atoms with Crippen molar-refractivity contribution in [1.29, 1.82) is 0 Å². The summed E-state index contributed by atoms with van der Waals surface area (Å²) in [5, 5.41) is 11.1. The number of carboxylic acid groups (broad SMARTS) is 1. The fourth-order valence-electron chi connectivity index (χ4n) is 1.16. The third-order valence-corrected chi connectivity index (χ3v) is 4.46. The Morgan fingerprint density at radius 1 is 1.71 bits per heavy atom. The number of hydrogen-bond acceptors (Lipinski definition) is 2. The summed E-state index contributed by atoms with van der Waals surface area (Å²) in [7, 11) is 0. The lowest BCUT2D eigenvalue weighted by molar-refractivity contribution is -0.148. The lowest BCUT2D eigenvalue weighted by Gasteiger charge is -2.22. The Morgan fingerprint density at radius 3 is 2.71 bits per heavy atom. The molecule has 0 bridgehead atoms. The van der Waals surface area contributed by atoms with Gasteiger partial charge in [-0.1, -0.05) is 6.92 Å². The molecule has 1 unspecified atom stereocenters. The number of aliphatic carboxylic acids is 1. The molecule has 78 valence electrons. The summed E-state index contributed by atoms with van der Waals surface area (Å²) >= 11 is 5.01. The molecule has 0 spiro atoms. The number of rotatable bonds is 4. The summed E-state index contributed by atoms with van der Waals surface area (Å²) in [5.74, 6) is -0.722. The summed E-state index contributed by atoms with van der Waals surface area (Å²) in [5.41, 5.74) is -0.645. The van der Waals surface area contributed by atoms with Gasteiger partial charge in [0.25, 0.3) is 0 Å². The van der Waals surface area contributed by atoms with Crippen molar-refractivity contribution in [2.45, 2.75) is 26.7 Å². The van der Waals surface area contributed by atoms with Crippen LogP contribution in [0.4, 0.5) is 0 Å². The van der Waals surface area contributed by atoms with Crippen LogP contribution in [0.5, 0.6) is 0 Å². The molecule has 0 aromatic carbocycles. The van der Waals surface area contributed by atoms with Crippen molar-refractivity contribution in [2.24, 2.45) is 5.41 Å². The minimum Gasteiger partial charge on any atom is -0.481 e. The molecule has 4 heteroatoms. The van der Waals surface area contributed by atoms with E-state index in [1.54, 1.807) is 18.3 Å². The van der Waals surface area contributed by atoms with Crippen LogP contribution in [-0.2, 0) is 11.2 Å². The predicted octanol–water partition coefficient (Wildman–Crippen LogP) is 3.55. The Morgan fingerprint density at radius 2 is 2.36 bits per heavy atom. The molecule has 1 rings (SSSR count). The maximum atomic E-state index is 11.1. The van der Waals surface area contributed by atoms with Gasteiger partial charge in [-0.05, 0) is 47.1 Å². The lowest BCUT2D eigenvalue weighted by atomic mass is 9.84. The molecule has 0 saturated carbocycles. The molecular formula is C10H13BrO2S. The molecule has 14 heavy (non-hydrogen) atoms. The fraction of sp³-hybridized carbons (Fsp3) is 0.500. The summed E-state index contributed by atoms with van der Waals surface area (Å²) in [4.78, 5) is 12.2. The molecule has 0 aliphatic rings. The largest absolute Gasteiger partial charge is 0.481 e. The molecule has 1 atom stereocenters. The molecule has 0 fully saturated rings. The number of halogens is 1. The molecule has 2 nitrogen and oxygen atoms in total. The van der Waals surface area contributed by atoms with E-state index in [-0.39, 0.29) is 0 Å². The van der Waals surface area contributed by atoms with Gasteiger partial charge >= 0.3 is 5.97 Å². The van der Waals surface area contributed by atoms with Crippen molar-refractivity contribution in [3.8, 4) is 0 Å². The molecular weight excluding hydrogens is 264 g/mol. The second-order valence-electron chi connectivity index (χ2n) is 3.59. The monoisotopic (exact) mass is 276 g/mol. The highest BCUT2D eigenvalue weighted by atomic mass is 79.9. The van der Waals surface area contributed by atoms with Crippen molar-refractivity contribution >= 4 is 33.2 Å². The number of carbonyl (C=O) groups is 1. The zero-order valence-electron chi connectivity index (χ0n) is 8.21. The van der Waals surface area contributed by atoms with Crippen molar-refractivity contribution in [1.82, 2.24) is 0 Å². The van der Waals surface area contributed by atoms with Gasteiger partial charge in [-0.3, -0.25) is 4.79 Å². The number of carboxylic acids is 1. The third kappa shape index (κ3) is 2.36. The molecule has 1 heterocycles. The SMILES string of the molecule is CCC(C)(Cc1sccc1Br)C(=O)O. The minimum atomic E-state index is -0.722. The highest BCUT2D eigenvalue weighted by Crippen LogP contribution is 2.33. The van der Waals surface area contributed by atoms with Gasteiger partial charge in [0.1, 0.15) is 0 Å². The van der Waals surface area contributed by atoms with E-state index in [9.17, 15) is 4.79 Å². The normalized spacial score (nSPS) is 15.1. The third-order valence-electron chi connectivity index (χ3n) is 2.54. The van der Waals surface area contributed by atoms with Crippen LogP contribution in [-0.4, -0.2) is 11.1 Å². The average molecular weight is 277 g/mol. The van der Waals surface area contributed by atoms with Gasteiger partial charge < -0.3 is 5.11 Å². The summed E-state index contributed by atoms with van der Waals surface area (Å²) < 4.78 is 1.02. The zero-order chi connectivity index (χ0) is 10.8. The van der Waals surface area contributed by atoms with Gasteiger partial charge in [0.05, 0.1) is 5.41 Å². The van der Waals surface area contributed by atoms with Gasteiger partial charge in [0.2, 0.25) is 0 Å². The van der Waals surface area contributed by atoms with Gasteiger partial charge in [-0.25, -0.2) is 0 Å². The van der Waals surface area contributed by atoms with E-state index < -0.39 is 11.4 Å². The second kappa shape index (κ2) is 4.45. The van der Waals surface area contributed by atoms with Crippen molar-refractivity contribution < 1.29 is 9.90 Å². The van der Waals surface area contributed by atoms with E-state index in [1.807, 2.05) is 18.4 Å². The highest BCUT2D eigenvalue weighted by molar-refractivity contribution is 9.10. The molecule has 1 aromatic heterocycles. The molecule has 0 aliphatic carbocycles. The first-order chi connectivity index (χ1) is 6.49. The number of thiophene rings is 1. The maximum Gasteiger partial charge on any atom is 0.309 e. The highest BCUT2D eigenvalue weighted by Gasteiger charge is 2.32. The Kier molecular flexibility index (Phi) is 3.72. The van der Waals surface area contributed by atoms with Gasteiger partial charge in [0, 0.05) is 9.35 Å². The van der Waals surface area contributed by atoms with Crippen LogP contribution < -0.4 is 0 Å². The summed E-state index contributed by atoms with van der Waals surface area (Å²) in [6.07, 6.45) is 1.24. The van der Waals surface area contributed by atoms with E-state index in [1.165, 1.54) is 0 Å². The zero-order valence-corrected chi connectivity index (χ0v) is 10.6. The van der Waals surface area contributed by atoms with Crippen LogP contribution in [0, 0.1) is 5.41 Å². The lowest BCUT2D eigenvalue weighted by Crippen LogP contribution is -2.28. The first-order valence-electron chi connectivity index (χ1n) is 4.45. The van der Waals surface area contributed by atoms with Gasteiger partial charge in [0.15, 0.2) is 0 Å². The number of hydrogen-bond donors (Lipinski definition) is 1. The predicted molar refractivity (Wildman–Crippen MR) is 61.8 cm³/mol. The standard InChI is InChI=1S/C10H13BrO2S/c1-3-10(2,9(12)13)6-8-7(11)4-5-14-8/h4-5H,3,6H2,1-2H3,(H,12,13). The molecule has 1 N–H and O–H groups in total. The van der Waals surface area contributed by atoms with Crippen molar-refractivity contribution in [3.05, 3.63) is 20.8 Å². The Bertz CT molecular complexity index is 335. The van der Waals surface area contributed by atoms with E-state index in [0.29, 0.717) is 12.8 Å². The van der Waals surface area contributed by atoms with Crippen molar-refractivity contribution in [2.75, 3.05) is 0 Å². The topological polar surface area (TPSA) is 37.3 Å². The van der Waals surface area contributed by atoms with Crippen molar-refractivity contribution in [3.63, 3.8) is 0 Å². The Balaban J connectivity index is 2.86. The van der Waals surface area contributed by atoms with Gasteiger partial charge in [-0.2, -0.15) is 0 Å². The fourth-order valence-corrected chi connectivity index (χ4v) is 2.84. The molecule has 0 aliphatic heterocycles. The first kappa shape index (κ1) is 11.7. The molecule has 1 aromatic rings. The first-order valence-corrected chi connectivity index (χ1v) is 6.12. The van der Waals surface area contributed by atoms with E-state index in [0.717, 1.165) is 9.35 Å². The van der Waals surface area contributed by atoms with Crippen LogP contribution in [0.3, 0.4) is 0 Å². The second-order valence-corrected chi connectivity index (χ2v) is 5.44. The van der Waals surface area contributed by atoms with Crippen LogP contribution in [0.2, 0.25) is 0 Å². The Hall–Kier alpha value is -0.350. The summed E-state index contributed by atoms with van der Waals surface area (Å²) in [6, 6.07) is 1.96. The van der Waals surface area contributed by atoms with E-state index in [2.05, 4.69) is 15.9 Å². The molecule has 0 saturated heterocycles. The average Bonchev–Trinajstić information content (AvgIpc) is 2.51. The van der Waals surface area contributed by atoms with Gasteiger partial charge in [-0.15, -0.1) is 11.3 Å². The van der Waals surface area contributed by atoms with Crippen LogP contribution in [0.25, 0.3) is 0 Å². The van der Waals surface area contributed by atoms with E-state index in [4.69, 9.17) is 5.11 Å². The van der Waals surface area contributed by atoms with E-state index >= 15 is 0 Å². The maximum absolute atomic E-state index is 11.1. The smallest absolute Gasteiger partial charge is 0.309 e. The van der Waals surface area contributed by atoms with Crippen LogP contribution in [0.1, 0.15) is 25.1 Å². The molecule has 0 amide bonds. The molecule has 0 radical (unpaired) electrons. The van der Waals surface area contributed by atoms with Crippen LogP contribution in [0.15, 0.2) is 15.9 Å². The quantitative estimate of drug-likeness (QED) is 0.913. The minimum absolute atomic E-state index is 0.594.